The lowest BCUT2D eigenvalue weighted by Crippen LogP contribution is -2.35. The second-order valence-corrected chi connectivity index (χ2v) is 9.54. The van der Waals surface area contributed by atoms with Crippen molar-refractivity contribution in [3.05, 3.63) is 82.1 Å². The Bertz CT molecular complexity index is 1570. The summed E-state index contributed by atoms with van der Waals surface area (Å²) in [4.78, 5) is 21.1. The minimum Gasteiger partial charge on any atom is -0.493 e. The average molecular weight is 548 g/mol. The van der Waals surface area contributed by atoms with E-state index in [0.29, 0.717) is 38.8 Å². The third kappa shape index (κ3) is 4.46. The molecule has 0 fully saturated rings. The van der Waals surface area contributed by atoms with E-state index in [4.69, 9.17) is 36.0 Å². The molecule has 0 aliphatic carbocycles. The Morgan fingerprint density at radius 3 is 2.89 bits per heavy atom. The normalized spacial score (nSPS) is 16.9. The Labute approximate surface area is 226 Å². The molecule has 4 heterocycles. The highest BCUT2D eigenvalue weighted by atomic mass is 35.5. The van der Waals surface area contributed by atoms with Gasteiger partial charge in [-0.1, -0.05) is 17.7 Å². The van der Waals surface area contributed by atoms with E-state index in [0.717, 1.165) is 11.1 Å². The van der Waals surface area contributed by atoms with Crippen LogP contribution in [-0.4, -0.2) is 45.8 Å². The number of amides is 1. The third-order valence-corrected chi connectivity index (χ3v) is 6.98. The van der Waals surface area contributed by atoms with Crippen molar-refractivity contribution in [3.63, 3.8) is 0 Å². The highest BCUT2D eigenvalue weighted by Gasteiger charge is 2.36. The number of halogens is 1. The molecule has 38 heavy (non-hydrogen) atoms. The van der Waals surface area contributed by atoms with Gasteiger partial charge < -0.3 is 18.9 Å². The van der Waals surface area contributed by atoms with Crippen LogP contribution in [0.3, 0.4) is 0 Å². The van der Waals surface area contributed by atoms with Crippen molar-refractivity contribution in [2.24, 2.45) is 10.1 Å². The Hall–Kier alpha value is -4.35. The quantitative estimate of drug-likeness (QED) is 0.440. The van der Waals surface area contributed by atoms with E-state index < -0.39 is 5.91 Å². The molecule has 3 aromatic rings. The summed E-state index contributed by atoms with van der Waals surface area (Å²) in [6, 6.07) is 12.5. The van der Waals surface area contributed by atoms with Crippen LogP contribution in [0.1, 0.15) is 16.7 Å². The first-order valence-electron chi connectivity index (χ1n) is 11.3. The van der Waals surface area contributed by atoms with Gasteiger partial charge in [-0.2, -0.15) is 15.1 Å². The van der Waals surface area contributed by atoms with Crippen molar-refractivity contribution in [3.8, 4) is 23.0 Å². The van der Waals surface area contributed by atoms with Crippen molar-refractivity contribution < 1.29 is 23.7 Å². The zero-order chi connectivity index (χ0) is 26.2. The van der Waals surface area contributed by atoms with Crippen molar-refractivity contribution in [1.29, 1.82) is 5.41 Å². The Balaban J connectivity index is 1.25. The molecule has 3 aliphatic heterocycles. The molecular formula is C26H18ClN5O5S. The summed E-state index contributed by atoms with van der Waals surface area (Å²) in [5.41, 5.74) is 2.24. The lowest BCUT2D eigenvalue weighted by atomic mass is 10.1. The second-order valence-electron chi connectivity index (χ2n) is 8.18. The predicted octanol–water partition coefficient (Wildman–Crippen LogP) is 4.72. The molecular weight excluding hydrogens is 530 g/mol. The topological polar surface area (TPSA) is 119 Å². The molecule has 12 heteroatoms. The SMILES string of the molecule is COc1cc(/C=C2/C(=N)N3N=C(c4cccnc4)SC3=NC2=O)cc(Cl)c1OCc1ccc2c(c1)OCO2. The van der Waals surface area contributed by atoms with Gasteiger partial charge in [0.05, 0.1) is 17.7 Å². The molecule has 190 valence electrons. The van der Waals surface area contributed by atoms with Gasteiger partial charge in [-0.25, -0.2) is 0 Å². The maximum absolute atomic E-state index is 12.8. The number of amidine groups is 2. The summed E-state index contributed by atoms with van der Waals surface area (Å²) in [5.74, 6) is 1.43. The van der Waals surface area contributed by atoms with Gasteiger partial charge in [0, 0.05) is 18.0 Å². The number of carbonyl (C=O) groups is 1. The number of hydrogen-bond donors (Lipinski definition) is 1. The number of pyridine rings is 1. The van der Waals surface area contributed by atoms with Crippen LogP contribution in [0.5, 0.6) is 23.0 Å². The number of nitrogens with zero attached hydrogens (tertiary/aromatic N) is 4. The average Bonchev–Trinajstić information content (AvgIpc) is 3.57. The standard InChI is InChI=1S/C26H18ClN5O5S/c1-34-21-10-15(8-18(27)22(21)35-12-14-4-5-19-20(9-14)37-13-36-19)7-17-23(28)32-26(30-24(17)33)38-25(31-32)16-3-2-6-29-11-16/h2-11,28H,12-13H2,1H3/b17-7-,28-23?. The van der Waals surface area contributed by atoms with E-state index in [-0.39, 0.29) is 29.8 Å². The number of rotatable bonds is 6. The molecule has 0 spiro atoms. The summed E-state index contributed by atoms with van der Waals surface area (Å²) in [6.07, 6.45) is 4.86. The number of nitrogens with one attached hydrogen (secondary N) is 1. The van der Waals surface area contributed by atoms with Gasteiger partial charge in [-0.15, -0.1) is 0 Å². The number of benzene rings is 2. The fourth-order valence-electron chi connectivity index (χ4n) is 3.91. The minimum absolute atomic E-state index is 0.0673. The fraction of sp³-hybridized carbons (Fsp3) is 0.115. The highest BCUT2D eigenvalue weighted by Crippen LogP contribution is 2.39. The van der Waals surface area contributed by atoms with Crippen molar-refractivity contribution >= 4 is 51.4 Å². The lowest BCUT2D eigenvalue weighted by Gasteiger charge is -2.20. The molecule has 1 aromatic heterocycles. The second kappa shape index (κ2) is 9.84. The van der Waals surface area contributed by atoms with Crippen molar-refractivity contribution in [2.45, 2.75) is 6.61 Å². The molecule has 2 aromatic carbocycles. The molecule has 0 atom stereocenters. The molecule has 0 saturated heterocycles. The Kier molecular flexibility index (Phi) is 6.22. The number of hydrogen-bond acceptors (Lipinski definition) is 9. The van der Waals surface area contributed by atoms with Gasteiger partial charge in [0.2, 0.25) is 12.0 Å². The number of ether oxygens (including phenoxy) is 4. The number of thioether (sulfide) groups is 1. The summed E-state index contributed by atoms with van der Waals surface area (Å²) in [5, 5.41) is 15.6. The Morgan fingerprint density at radius 2 is 2.08 bits per heavy atom. The zero-order valence-electron chi connectivity index (χ0n) is 19.8. The molecule has 6 rings (SSSR count). The molecule has 10 nitrogen and oxygen atoms in total. The molecule has 3 aliphatic rings. The predicted molar refractivity (Wildman–Crippen MR) is 143 cm³/mol. The van der Waals surface area contributed by atoms with Crippen LogP contribution >= 0.6 is 23.4 Å². The number of hydrazone groups is 1. The number of fused-ring (bicyclic) bond motifs is 2. The number of methoxy groups -OCH3 is 1. The first-order chi connectivity index (χ1) is 18.5. The third-order valence-electron chi connectivity index (χ3n) is 5.75. The van der Waals surface area contributed by atoms with Crippen molar-refractivity contribution in [1.82, 2.24) is 9.99 Å². The van der Waals surface area contributed by atoms with E-state index in [1.54, 1.807) is 30.6 Å². The van der Waals surface area contributed by atoms with Gasteiger partial charge in [0.1, 0.15) is 11.7 Å². The maximum Gasteiger partial charge on any atom is 0.283 e. The van der Waals surface area contributed by atoms with Crippen LogP contribution in [0.15, 0.2) is 70.5 Å². The zero-order valence-corrected chi connectivity index (χ0v) is 21.4. The maximum atomic E-state index is 12.8. The number of carbonyl (C=O) groups excluding carboxylic acids is 1. The van der Waals surface area contributed by atoms with Crippen LogP contribution in [0.25, 0.3) is 6.08 Å². The van der Waals surface area contributed by atoms with Gasteiger partial charge >= 0.3 is 0 Å². The summed E-state index contributed by atoms with van der Waals surface area (Å²) >= 11 is 7.76. The van der Waals surface area contributed by atoms with E-state index in [2.05, 4.69) is 15.1 Å². The first-order valence-corrected chi connectivity index (χ1v) is 12.5. The lowest BCUT2D eigenvalue weighted by molar-refractivity contribution is -0.114. The largest absolute Gasteiger partial charge is 0.493 e. The van der Waals surface area contributed by atoms with E-state index >= 15 is 0 Å². The van der Waals surface area contributed by atoms with E-state index in [1.165, 1.54) is 30.0 Å². The Morgan fingerprint density at radius 1 is 1.21 bits per heavy atom. The summed E-state index contributed by atoms with van der Waals surface area (Å²) < 4.78 is 22.2. The monoisotopic (exact) mass is 547 g/mol. The van der Waals surface area contributed by atoms with E-state index in [9.17, 15) is 4.79 Å². The summed E-state index contributed by atoms with van der Waals surface area (Å²) in [7, 11) is 1.50. The number of aliphatic imine (C=N–C) groups is 1. The van der Waals surface area contributed by atoms with Gasteiger partial charge in [-0.05, 0) is 65.4 Å². The smallest absolute Gasteiger partial charge is 0.283 e. The van der Waals surface area contributed by atoms with Crippen LogP contribution in [0.4, 0.5) is 0 Å². The van der Waals surface area contributed by atoms with Gasteiger partial charge in [-0.3, -0.25) is 15.2 Å². The number of aromatic nitrogens is 1. The first kappa shape index (κ1) is 24.0. The molecule has 0 radical (unpaired) electrons. The fourth-order valence-corrected chi connectivity index (χ4v) is 5.07. The molecule has 0 unspecified atom stereocenters. The molecule has 0 saturated carbocycles. The van der Waals surface area contributed by atoms with Crippen LogP contribution in [0, 0.1) is 5.41 Å². The van der Waals surface area contributed by atoms with E-state index in [1.807, 2.05) is 24.3 Å². The van der Waals surface area contributed by atoms with Gasteiger partial charge in [0.25, 0.3) is 5.91 Å². The summed E-state index contributed by atoms with van der Waals surface area (Å²) in [6.45, 7) is 0.412. The van der Waals surface area contributed by atoms with Crippen LogP contribution in [0.2, 0.25) is 5.02 Å². The molecule has 0 bridgehead atoms. The highest BCUT2D eigenvalue weighted by molar-refractivity contribution is 8.27. The molecule has 1 N–H and O–H groups in total. The van der Waals surface area contributed by atoms with Crippen LogP contribution < -0.4 is 18.9 Å². The minimum atomic E-state index is -0.547. The molecule has 1 amide bonds. The van der Waals surface area contributed by atoms with Crippen LogP contribution in [-0.2, 0) is 11.4 Å². The van der Waals surface area contributed by atoms with Gasteiger partial charge in [0.15, 0.2) is 28.8 Å². The van der Waals surface area contributed by atoms with Crippen molar-refractivity contribution in [2.75, 3.05) is 13.9 Å².